The zero-order valence-electron chi connectivity index (χ0n) is 10.0. The predicted octanol–water partition coefficient (Wildman–Crippen LogP) is 1.50. The van der Waals surface area contributed by atoms with Gasteiger partial charge in [-0.1, -0.05) is 6.42 Å². The van der Waals surface area contributed by atoms with Crippen molar-refractivity contribution >= 4 is 23.6 Å². The molecule has 17 heavy (non-hydrogen) atoms. The van der Waals surface area contributed by atoms with E-state index in [0.717, 1.165) is 19.3 Å². The highest BCUT2D eigenvalue weighted by Gasteiger charge is 2.48. The van der Waals surface area contributed by atoms with Crippen LogP contribution in [0.4, 0.5) is 0 Å². The number of amides is 1. The largest absolute Gasteiger partial charge is 0.481 e. The van der Waals surface area contributed by atoms with Gasteiger partial charge in [0.2, 0.25) is 5.91 Å². The molecule has 0 radical (unpaired) electrons. The third-order valence-electron chi connectivity index (χ3n) is 3.75. The van der Waals surface area contributed by atoms with E-state index in [4.69, 9.17) is 5.11 Å². The van der Waals surface area contributed by atoms with E-state index in [2.05, 4.69) is 11.6 Å². The molecule has 2 saturated carbocycles. The van der Waals surface area contributed by atoms with Crippen molar-refractivity contribution in [3.05, 3.63) is 0 Å². The van der Waals surface area contributed by atoms with Gasteiger partial charge in [-0.3, -0.25) is 9.59 Å². The zero-order valence-corrected chi connectivity index (χ0v) is 10.8. The topological polar surface area (TPSA) is 66.4 Å². The summed E-state index contributed by atoms with van der Waals surface area (Å²) in [4.78, 5) is 22.5. The van der Waals surface area contributed by atoms with Crippen LogP contribution in [0, 0.1) is 11.8 Å². The maximum Gasteiger partial charge on any atom is 0.307 e. The van der Waals surface area contributed by atoms with Gasteiger partial charge >= 0.3 is 5.97 Å². The summed E-state index contributed by atoms with van der Waals surface area (Å²) in [7, 11) is 0. The van der Waals surface area contributed by atoms with E-state index in [1.54, 1.807) is 0 Å². The molecule has 2 aliphatic rings. The average molecular weight is 257 g/mol. The van der Waals surface area contributed by atoms with Gasteiger partial charge in [-0.25, -0.2) is 0 Å². The number of hydrogen-bond donors (Lipinski definition) is 2. The molecular formula is C12H19NO3S. The number of rotatable bonds is 4. The summed E-state index contributed by atoms with van der Waals surface area (Å²) in [5.74, 6) is -1.60. The summed E-state index contributed by atoms with van der Waals surface area (Å²) in [6.45, 7) is 0. The second kappa shape index (κ2) is 5.29. The Hall–Kier alpha value is -0.710. The molecule has 0 heterocycles. The molecule has 0 spiro atoms. The van der Waals surface area contributed by atoms with Crippen LogP contribution in [0.1, 0.15) is 32.1 Å². The SMILES string of the molecule is CSC1CCCC(NC(=O)[C@@H]2C[C@@H]2C(=O)O)C1. The highest BCUT2D eigenvalue weighted by atomic mass is 32.2. The number of thioether (sulfide) groups is 1. The lowest BCUT2D eigenvalue weighted by Crippen LogP contribution is -2.40. The van der Waals surface area contributed by atoms with Crippen molar-refractivity contribution in [2.75, 3.05) is 6.26 Å². The van der Waals surface area contributed by atoms with Gasteiger partial charge in [0.25, 0.3) is 0 Å². The van der Waals surface area contributed by atoms with Crippen molar-refractivity contribution < 1.29 is 14.7 Å². The smallest absolute Gasteiger partial charge is 0.307 e. The molecule has 4 nitrogen and oxygen atoms in total. The molecule has 0 aromatic carbocycles. The fourth-order valence-corrected chi connectivity index (χ4v) is 3.38. The van der Waals surface area contributed by atoms with Crippen molar-refractivity contribution in [3.63, 3.8) is 0 Å². The molecule has 96 valence electrons. The molecule has 0 aliphatic heterocycles. The van der Waals surface area contributed by atoms with Crippen LogP contribution >= 0.6 is 11.8 Å². The first kappa shape index (κ1) is 12.7. The van der Waals surface area contributed by atoms with Crippen LogP contribution in [0.5, 0.6) is 0 Å². The Morgan fingerprint density at radius 3 is 2.59 bits per heavy atom. The minimum atomic E-state index is -0.837. The molecule has 0 aromatic heterocycles. The second-order valence-corrected chi connectivity index (χ2v) is 6.15. The molecule has 0 saturated heterocycles. The van der Waals surface area contributed by atoms with Crippen molar-refractivity contribution in [2.45, 2.75) is 43.4 Å². The first-order valence-corrected chi connectivity index (χ1v) is 7.46. The third kappa shape index (κ3) is 3.15. The van der Waals surface area contributed by atoms with Gasteiger partial charge in [0, 0.05) is 11.3 Å². The molecule has 0 bridgehead atoms. The van der Waals surface area contributed by atoms with Crippen LogP contribution in [0.3, 0.4) is 0 Å². The normalized spacial score (nSPS) is 36.3. The van der Waals surface area contributed by atoms with Crippen LogP contribution in [0.2, 0.25) is 0 Å². The Morgan fingerprint density at radius 2 is 2.00 bits per heavy atom. The van der Waals surface area contributed by atoms with Crippen molar-refractivity contribution in [3.8, 4) is 0 Å². The highest BCUT2D eigenvalue weighted by Crippen LogP contribution is 2.39. The first-order valence-electron chi connectivity index (χ1n) is 6.17. The van der Waals surface area contributed by atoms with Crippen molar-refractivity contribution in [2.24, 2.45) is 11.8 Å². The molecule has 5 heteroatoms. The van der Waals surface area contributed by atoms with E-state index in [1.807, 2.05) is 11.8 Å². The van der Waals surface area contributed by atoms with Gasteiger partial charge in [-0.2, -0.15) is 11.8 Å². The number of carbonyl (C=O) groups excluding carboxylic acids is 1. The summed E-state index contributed by atoms with van der Waals surface area (Å²) in [5.41, 5.74) is 0. The summed E-state index contributed by atoms with van der Waals surface area (Å²) in [5, 5.41) is 12.4. The number of hydrogen-bond acceptors (Lipinski definition) is 3. The second-order valence-electron chi connectivity index (χ2n) is 5.02. The summed E-state index contributed by atoms with van der Waals surface area (Å²) in [6.07, 6.45) is 7.07. The summed E-state index contributed by atoms with van der Waals surface area (Å²) in [6, 6.07) is 0.253. The summed E-state index contributed by atoms with van der Waals surface area (Å²) >= 11 is 1.86. The van der Waals surface area contributed by atoms with Crippen LogP contribution in [0.15, 0.2) is 0 Å². The average Bonchev–Trinajstić information content (AvgIpc) is 3.09. The van der Waals surface area contributed by atoms with E-state index < -0.39 is 11.9 Å². The third-order valence-corrected chi connectivity index (χ3v) is 4.85. The van der Waals surface area contributed by atoms with Crippen LogP contribution in [-0.4, -0.2) is 34.5 Å². The lowest BCUT2D eigenvalue weighted by molar-refractivity contribution is -0.140. The fraction of sp³-hybridized carbons (Fsp3) is 0.833. The zero-order chi connectivity index (χ0) is 12.4. The first-order chi connectivity index (χ1) is 8.11. The molecule has 2 rings (SSSR count). The molecular weight excluding hydrogens is 238 g/mol. The van der Waals surface area contributed by atoms with E-state index in [9.17, 15) is 9.59 Å². The van der Waals surface area contributed by atoms with Crippen molar-refractivity contribution in [1.82, 2.24) is 5.32 Å². The predicted molar refractivity (Wildman–Crippen MR) is 66.9 cm³/mol. The summed E-state index contributed by atoms with van der Waals surface area (Å²) < 4.78 is 0. The van der Waals surface area contributed by atoms with Gasteiger partial charge in [0.05, 0.1) is 11.8 Å². The van der Waals surface area contributed by atoms with Crippen molar-refractivity contribution in [1.29, 1.82) is 0 Å². The molecule has 0 aromatic rings. The molecule has 2 aliphatic carbocycles. The monoisotopic (exact) mass is 257 g/mol. The lowest BCUT2D eigenvalue weighted by atomic mass is 9.95. The van der Waals surface area contributed by atoms with Gasteiger partial charge in [0.1, 0.15) is 0 Å². The Bertz CT molecular complexity index is 321. The maximum atomic E-state index is 11.8. The maximum absolute atomic E-state index is 11.8. The Kier molecular flexibility index (Phi) is 3.97. The van der Waals surface area contributed by atoms with Crippen LogP contribution in [-0.2, 0) is 9.59 Å². The van der Waals surface area contributed by atoms with Gasteiger partial charge in [-0.05, 0) is 31.9 Å². The lowest BCUT2D eigenvalue weighted by Gasteiger charge is -2.28. The number of carbonyl (C=O) groups is 2. The van der Waals surface area contributed by atoms with E-state index in [-0.39, 0.29) is 17.9 Å². The number of aliphatic carboxylic acids is 1. The Labute approximate surface area is 106 Å². The van der Waals surface area contributed by atoms with Gasteiger partial charge in [0.15, 0.2) is 0 Å². The van der Waals surface area contributed by atoms with E-state index in [1.165, 1.54) is 6.42 Å². The standard InChI is InChI=1S/C12H19NO3S/c1-17-8-4-2-3-7(5-8)13-11(14)9-6-10(9)12(15)16/h7-10H,2-6H2,1H3,(H,13,14)(H,15,16)/t7?,8?,9-,10+/m1/s1. The van der Waals surface area contributed by atoms with E-state index in [0.29, 0.717) is 11.7 Å². The fourth-order valence-electron chi connectivity index (χ4n) is 2.56. The number of carboxylic acid groups (broad SMARTS) is 1. The number of carboxylic acids is 1. The number of nitrogens with one attached hydrogen (secondary N) is 1. The minimum absolute atomic E-state index is 0.0517. The molecule has 2 unspecified atom stereocenters. The Morgan fingerprint density at radius 1 is 1.24 bits per heavy atom. The minimum Gasteiger partial charge on any atom is -0.481 e. The molecule has 1 amide bonds. The van der Waals surface area contributed by atoms with Crippen LogP contribution in [0.25, 0.3) is 0 Å². The Balaban J connectivity index is 1.77. The van der Waals surface area contributed by atoms with Gasteiger partial charge < -0.3 is 10.4 Å². The highest BCUT2D eigenvalue weighted by molar-refractivity contribution is 7.99. The molecule has 2 fully saturated rings. The van der Waals surface area contributed by atoms with Crippen LogP contribution < -0.4 is 5.32 Å². The molecule has 4 atom stereocenters. The molecule has 2 N–H and O–H groups in total. The van der Waals surface area contributed by atoms with E-state index >= 15 is 0 Å². The van der Waals surface area contributed by atoms with Gasteiger partial charge in [-0.15, -0.1) is 0 Å². The quantitative estimate of drug-likeness (QED) is 0.801.